The van der Waals surface area contributed by atoms with Crippen molar-refractivity contribution < 1.29 is 35.6 Å². The Balaban J connectivity index is 1.43. The van der Waals surface area contributed by atoms with Crippen LogP contribution in [0.15, 0.2) is 55.0 Å². The molecule has 5 nitrogen and oxygen atoms in total. The van der Waals surface area contributed by atoms with Gasteiger partial charge in [-0.2, -0.15) is 17.7 Å². The number of nitrogens with zero attached hydrogens (tertiary/aromatic N) is 3. The zero-order chi connectivity index (χ0) is 24.5. The highest BCUT2D eigenvalue weighted by molar-refractivity contribution is 5.89. The zero-order valence-electron chi connectivity index (χ0n) is 17.6. The molecule has 0 radical (unpaired) electrons. The zero-order valence-corrected chi connectivity index (χ0v) is 17.6. The molecule has 0 spiro atoms. The summed E-state index contributed by atoms with van der Waals surface area (Å²) in [6.45, 7) is 0.256. The lowest BCUT2D eigenvalue weighted by Gasteiger charge is -2.10. The van der Waals surface area contributed by atoms with E-state index in [1.165, 1.54) is 10.8 Å². The second kappa shape index (κ2) is 9.16. The minimum Gasteiger partial charge on any atom is -0.405 e. The predicted molar refractivity (Wildman–Crippen MR) is 111 cm³/mol. The quantitative estimate of drug-likeness (QED) is 0.231. The van der Waals surface area contributed by atoms with Crippen molar-refractivity contribution in [3.8, 4) is 11.6 Å². The summed E-state index contributed by atoms with van der Waals surface area (Å²) in [7, 11) is 1.56. The maximum absolute atomic E-state index is 14.2. The fraction of sp³-hybridized carbons (Fsp3) is 0.174. The van der Waals surface area contributed by atoms with Crippen molar-refractivity contribution in [1.29, 1.82) is 0 Å². The van der Waals surface area contributed by atoms with Gasteiger partial charge in [0.15, 0.2) is 23.6 Å². The molecule has 4 rings (SSSR count). The lowest BCUT2D eigenvalue weighted by atomic mass is 10.1. The Morgan fingerprint density at radius 1 is 0.971 bits per heavy atom. The van der Waals surface area contributed by atoms with E-state index in [1.54, 1.807) is 31.3 Å². The smallest absolute Gasteiger partial charge is 0.405 e. The molecule has 0 aliphatic carbocycles. The molecule has 2 heterocycles. The average Bonchev–Trinajstić information content (AvgIpc) is 2.79. The van der Waals surface area contributed by atoms with Crippen molar-refractivity contribution >= 4 is 16.7 Å². The molecule has 1 N–H and O–H groups in total. The van der Waals surface area contributed by atoms with Gasteiger partial charge in [0.1, 0.15) is 30.5 Å². The minimum atomic E-state index is -4.49. The van der Waals surface area contributed by atoms with E-state index in [0.29, 0.717) is 18.2 Å². The van der Waals surface area contributed by atoms with Crippen molar-refractivity contribution in [2.45, 2.75) is 12.6 Å². The molecular weight excluding hydrogens is 462 g/mol. The Kier molecular flexibility index (Phi) is 6.27. The summed E-state index contributed by atoms with van der Waals surface area (Å²) < 4.78 is 87.5. The van der Waals surface area contributed by atoms with Crippen LogP contribution in [0.25, 0.3) is 10.9 Å². The minimum absolute atomic E-state index is 0.0152. The molecule has 2 aromatic heterocycles. The normalized spacial score (nSPS) is 11.6. The van der Waals surface area contributed by atoms with E-state index < -0.39 is 29.2 Å². The molecule has 0 unspecified atom stereocenters. The van der Waals surface area contributed by atoms with Gasteiger partial charge in [0.25, 0.3) is 0 Å². The van der Waals surface area contributed by atoms with Crippen LogP contribution in [0, 0.1) is 17.5 Å². The summed E-state index contributed by atoms with van der Waals surface area (Å²) in [5, 5.41) is 2.47. The number of pyridine rings is 1. The number of hydrogen-bond donors (Lipinski definition) is 1. The van der Waals surface area contributed by atoms with Crippen LogP contribution in [0.2, 0.25) is 0 Å². The van der Waals surface area contributed by atoms with E-state index in [9.17, 15) is 26.3 Å². The predicted octanol–water partition coefficient (Wildman–Crippen LogP) is 5.34. The van der Waals surface area contributed by atoms with Gasteiger partial charge in [0.05, 0.1) is 17.0 Å². The second-order valence-corrected chi connectivity index (χ2v) is 7.39. The summed E-state index contributed by atoms with van der Waals surface area (Å²) in [6, 6.07) is 8.91. The largest absolute Gasteiger partial charge is 0.417 e. The molecule has 0 bridgehead atoms. The first-order chi connectivity index (χ1) is 16.1. The number of benzene rings is 2. The number of ether oxygens (including phenoxy) is 1. The van der Waals surface area contributed by atoms with Gasteiger partial charge in [0.2, 0.25) is 0 Å². The molecule has 34 heavy (non-hydrogen) atoms. The molecule has 2 aromatic carbocycles. The van der Waals surface area contributed by atoms with E-state index in [0.717, 1.165) is 24.0 Å². The first-order valence-corrected chi connectivity index (χ1v) is 9.99. The van der Waals surface area contributed by atoms with Crippen LogP contribution in [-0.4, -0.2) is 16.5 Å². The number of halogens is 6. The molecule has 0 amide bonds. The van der Waals surface area contributed by atoms with Gasteiger partial charge in [-0.1, -0.05) is 12.1 Å². The number of aromatic nitrogens is 3. The molecule has 0 aliphatic rings. The maximum Gasteiger partial charge on any atom is 0.417 e. The third-order valence-corrected chi connectivity index (χ3v) is 5.04. The number of fused-ring (bicyclic) bond motifs is 1. The molecule has 0 saturated carbocycles. The third kappa shape index (κ3) is 4.87. The van der Waals surface area contributed by atoms with Crippen LogP contribution in [-0.2, 0) is 19.6 Å². The van der Waals surface area contributed by atoms with Gasteiger partial charge in [-0.05, 0) is 24.1 Å². The van der Waals surface area contributed by atoms with Crippen molar-refractivity contribution in [3.05, 3.63) is 83.6 Å². The highest BCUT2D eigenvalue weighted by atomic mass is 19.4. The van der Waals surface area contributed by atoms with Gasteiger partial charge in [-0.15, -0.1) is 0 Å². The lowest BCUT2D eigenvalue weighted by Crippen LogP contribution is -2.30. The molecule has 0 saturated heterocycles. The molecule has 4 aromatic rings. The van der Waals surface area contributed by atoms with Crippen molar-refractivity contribution in [3.63, 3.8) is 0 Å². The Labute approximate surface area is 189 Å². The Morgan fingerprint density at radius 3 is 2.41 bits per heavy atom. The lowest BCUT2D eigenvalue weighted by molar-refractivity contribution is -0.676. The van der Waals surface area contributed by atoms with Crippen molar-refractivity contribution in [2.75, 3.05) is 11.9 Å². The molecule has 0 aliphatic heterocycles. The SMILES string of the molecule is C[n+]1ccc(C(F)(F)F)cc1Oc1ccc(CCNc2ncnc3c(F)cc(F)c(F)c23)cc1. The van der Waals surface area contributed by atoms with Crippen LogP contribution in [0.1, 0.15) is 11.1 Å². The first kappa shape index (κ1) is 23.3. The number of anilines is 1. The molecule has 0 fully saturated rings. The number of rotatable bonds is 6. The fourth-order valence-electron chi connectivity index (χ4n) is 3.27. The van der Waals surface area contributed by atoms with Crippen molar-refractivity contribution in [1.82, 2.24) is 9.97 Å². The monoisotopic (exact) mass is 479 g/mol. The van der Waals surface area contributed by atoms with Gasteiger partial charge < -0.3 is 10.1 Å². The molecule has 0 atom stereocenters. The van der Waals surface area contributed by atoms with Gasteiger partial charge >= 0.3 is 12.1 Å². The maximum atomic E-state index is 14.2. The Hall–Kier alpha value is -3.89. The van der Waals surface area contributed by atoms with E-state index in [4.69, 9.17) is 4.74 Å². The number of nitrogens with one attached hydrogen (secondary N) is 1. The summed E-state index contributed by atoms with van der Waals surface area (Å²) in [5.41, 5.74) is -0.332. The van der Waals surface area contributed by atoms with Gasteiger partial charge in [0, 0.05) is 18.7 Å². The van der Waals surface area contributed by atoms with Crippen LogP contribution in [0.5, 0.6) is 11.6 Å². The topological polar surface area (TPSA) is 50.9 Å². The first-order valence-electron chi connectivity index (χ1n) is 9.99. The summed E-state index contributed by atoms with van der Waals surface area (Å²) in [5.74, 6) is -3.28. The molecule has 176 valence electrons. The Bertz CT molecular complexity index is 1340. The third-order valence-electron chi connectivity index (χ3n) is 5.04. The highest BCUT2D eigenvalue weighted by Crippen LogP contribution is 2.31. The van der Waals surface area contributed by atoms with E-state index >= 15 is 0 Å². The fourth-order valence-corrected chi connectivity index (χ4v) is 3.27. The molecular formula is C23H17F6N4O+. The van der Waals surface area contributed by atoms with E-state index in [2.05, 4.69) is 15.3 Å². The van der Waals surface area contributed by atoms with Gasteiger partial charge in [-0.25, -0.2) is 23.1 Å². The molecule has 11 heteroatoms. The van der Waals surface area contributed by atoms with Crippen LogP contribution < -0.4 is 14.6 Å². The average molecular weight is 479 g/mol. The van der Waals surface area contributed by atoms with E-state index in [-0.39, 0.29) is 29.1 Å². The number of hydrogen-bond acceptors (Lipinski definition) is 4. The summed E-state index contributed by atoms with van der Waals surface area (Å²) in [4.78, 5) is 7.54. The van der Waals surface area contributed by atoms with E-state index in [1.807, 2.05) is 0 Å². The number of aryl methyl sites for hydroxylation is 1. The van der Waals surface area contributed by atoms with Crippen molar-refractivity contribution in [2.24, 2.45) is 7.05 Å². The highest BCUT2D eigenvalue weighted by Gasteiger charge is 2.33. The van der Waals surface area contributed by atoms with Crippen LogP contribution in [0.4, 0.5) is 32.2 Å². The standard InChI is InChI=1S/C23H17F6N4O/c1-33-9-7-14(23(27,28)29)10-18(33)34-15-4-2-13(3-5-15)6-8-30-22-19-20(26)16(24)11-17(25)21(19)31-12-32-22/h2-5,7,9-12H,6,8H2,1H3,(H,30,31,32)/q+1. The summed E-state index contributed by atoms with van der Waals surface area (Å²) in [6.07, 6.45) is -1.75. The van der Waals surface area contributed by atoms with Crippen LogP contribution in [0.3, 0.4) is 0 Å². The number of alkyl halides is 3. The Morgan fingerprint density at radius 2 is 1.71 bits per heavy atom. The van der Waals surface area contributed by atoms with Gasteiger partial charge in [-0.3, -0.25) is 0 Å². The summed E-state index contributed by atoms with van der Waals surface area (Å²) >= 11 is 0. The van der Waals surface area contributed by atoms with Crippen LogP contribution >= 0.6 is 0 Å². The second-order valence-electron chi connectivity index (χ2n) is 7.39.